The van der Waals surface area contributed by atoms with Crippen molar-refractivity contribution in [1.82, 2.24) is 0 Å². The molecule has 0 radical (unpaired) electrons. The minimum Gasteiger partial charge on any atom is -0.508 e. The van der Waals surface area contributed by atoms with Gasteiger partial charge in [-0.2, -0.15) is 0 Å². The average Bonchev–Trinajstić information content (AvgIpc) is 2.70. The van der Waals surface area contributed by atoms with Gasteiger partial charge in [0.2, 0.25) is 0 Å². The Morgan fingerprint density at radius 1 is 1.26 bits per heavy atom. The molecule has 0 aliphatic carbocycles. The Morgan fingerprint density at radius 3 is 2.89 bits per heavy atom. The van der Waals surface area contributed by atoms with Crippen LogP contribution in [0.1, 0.15) is 11.6 Å². The van der Waals surface area contributed by atoms with E-state index in [0.717, 1.165) is 5.56 Å². The van der Waals surface area contributed by atoms with Crippen molar-refractivity contribution in [2.75, 3.05) is 11.9 Å². The molecule has 1 unspecified atom stereocenters. The molecule has 3 rings (SSSR count). The zero-order chi connectivity index (χ0) is 13.4. The Hall–Kier alpha value is -1.94. The largest absolute Gasteiger partial charge is 0.508 e. The van der Waals surface area contributed by atoms with Gasteiger partial charge in [-0.25, -0.2) is 4.39 Å². The second-order valence-corrected chi connectivity index (χ2v) is 4.82. The van der Waals surface area contributed by atoms with Gasteiger partial charge in [0.1, 0.15) is 23.9 Å². The Labute approximate surface area is 114 Å². The summed E-state index contributed by atoms with van der Waals surface area (Å²) in [5.74, 6) is 0.410. The number of fused-ring (bicyclic) bond motifs is 1. The molecule has 2 aromatic carbocycles. The highest BCUT2D eigenvalue weighted by molar-refractivity contribution is 6.30. The predicted octanol–water partition coefficient (Wildman–Crippen LogP) is 3.73. The first-order chi connectivity index (χ1) is 9.11. The second kappa shape index (κ2) is 4.63. The van der Waals surface area contributed by atoms with E-state index in [1.165, 1.54) is 12.1 Å². The Balaban J connectivity index is 1.86. The predicted molar refractivity (Wildman–Crippen MR) is 71.4 cm³/mol. The van der Waals surface area contributed by atoms with Gasteiger partial charge < -0.3 is 15.2 Å². The van der Waals surface area contributed by atoms with Gasteiger partial charge in [-0.05, 0) is 30.3 Å². The van der Waals surface area contributed by atoms with Crippen LogP contribution in [0.4, 0.5) is 10.1 Å². The lowest BCUT2D eigenvalue weighted by Gasteiger charge is -2.13. The minimum atomic E-state index is -0.389. The average molecular weight is 280 g/mol. The van der Waals surface area contributed by atoms with Crippen LogP contribution >= 0.6 is 11.6 Å². The molecule has 1 atom stereocenters. The van der Waals surface area contributed by atoms with E-state index in [4.69, 9.17) is 16.3 Å². The van der Waals surface area contributed by atoms with Crippen LogP contribution < -0.4 is 10.1 Å². The van der Waals surface area contributed by atoms with Gasteiger partial charge in [0.25, 0.3) is 0 Å². The van der Waals surface area contributed by atoms with Crippen molar-refractivity contribution in [3.63, 3.8) is 0 Å². The SMILES string of the molecule is Oc1ccc2c(c1)OCC2Nc1cc(F)cc(Cl)c1. The van der Waals surface area contributed by atoms with E-state index in [1.807, 2.05) is 0 Å². The van der Waals surface area contributed by atoms with E-state index < -0.39 is 0 Å². The number of phenolic OH excluding ortho intramolecular Hbond substituents is 1. The molecule has 98 valence electrons. The van der Waals surface area contributed by atoms with E-state index >= 15 is 0 Å². The highest BCUT2D eigenvalue weighted by Crippen LogP contribution is 2.37. The third kappa shape index (κ3) is 2.44. The molecular formula is C14H11ClFNO2. The molecule has 0 saturated heterocycles. The quantitative estimate of drug-likeness (QED) is 0.880. The summed E-state index contributed by atoms with van der Waals surface area (Å²) < 4.78 is 18.7. The van der Waals surface area contributed by atoms with Crippen molar-refractivity contribution < 1.29 is 14.2 Å². The Bertz CT molecular complexity index is 613. The summed E-state index contributed by atoms with van der Waals surface area (Å²) in [6, 6.07) is 9.15. The molecule has 5 heteroatoms. The lowest BCUT2D eigenvalue weighted by molar-refractivity contribution is 0.338. The molecular weight excluding hydrogens is 269 g/mol. The summed E-state index contributed by atoms with van der Waals surface area (Å²) in [5.41, 5.74) is 1.53. The fraction of sp³-hybridized carbons (Fsp3) is 0.143. The Morgan fingerprint density at radius 2 is 2.11 bits per heavy atom. The van der Waals surface area contributed by atoms with Crippen LogP contribution in [0.15, 0.2) is 36.4 Å². The number of hydrogen-bond donors (Lipinski definition) is 2. The maximum atomic E-state index is 13.3. The maximum Gasteiger partial charge on any atom is 0.128 e. The second-order valence-electron chi connectivity index (χ2n) is 4.39. The van der Waals surface area contributed by atoms with Crippen LogP contribution in [0.2, 0.25) is 5.02 Å². The summed E-state index contributed by atoms with van der Waals surface area (Å²) in [7, 11) is 0. The summed E-state index contributed by atoms with van der Waals surface area (Å²) in [4.78, 5) is 0. The molecule has 19 heavy (non-hydrogen) atoms. The molecule has 1 heterocycles. The summed E-state index contributed by atoms with van der Waals surface area (Å²) in [6.07, 6.45) is 0. The summed E-state index contributed by atoms with van der Waals surface area (Å²) >= 11 is 5.81. The molecule has 0 aromatic heterocycles. The zero-order valence-electron chi connectivity index (χ0n) is 9.86. The number of ether oxygens (including phenoxy) is 1. The third-order valence-corrected chi connectivity index (χ3v) is 3.20. The molecule has 2 aromatic rings. The monoisotopic (exact) mass is 279 g/mol. The zero-order valence-corrected chi connectivity index (χ0v) is 10.6. The number of halogens is 2. The van der Waals surface area contributed by atoms with Gasteiger partial charge in [-0.3, -0.25) is 0 Å². The fourth-order valence-corrected chi connectivity index (χ4v) is 2.38. The first-order valence-electron chi connectivity index (χ1n) is 5.80. The number of phenols is 1. The molecule has 2 N–H and O–H groups in total. The van der Waals surface area contributed by atoms with E-state index in [1.54, 1.807) is 24.3 Å². The highest BCUT2D eigenvalue weighted by atomic mass is 35.5. The normalized spacial score (nSPS) is 16.8. The third-order valence-electron chi connectivity index (χ3n) is 2.98. The van der Waals surface area contributed by atoms with Gasteiger partial charge in [-0.15, -0.1) is 0 Å². The number of nitrogens with one attached hydrogen (secondary N) is 1. The van der Waals surface area contributed by atoms with Gasteiger partial charge in [0.05, 0.1) is 6.04 Å². The molecule has 0 amide bonds. The number of rotatable bonds is 2. The standard InChI is InChI=1S/C14H11ClFNO2/c15-8-3-9(16)5-10(4-8)17-13-7-19-14-6-11(18)1-2-12(13)14/h1-6,13,17-18H,7H2. The van der Waals surface area contributed by atoms with Crippen molar-refractivity contribution in [1.29, 1.82) is 0 Å². The van der Waals surface area contributed by atoms with Gasteiger partial charge in [-0.1, -0.05) is 11.6 Å². The van der Waals surface area contributed by atoms with E-state index in [-0.39, 0.29) is 17.6 Å². The topological polar surface area (TPSA) is 41.5 Å². The number of aromatic hydroxyl groups is 1. The van der Waals surface area contributed by atoms with Crippen molar-refractivity contribution >= 4 is 17.3 Å². The van der Waals surface area contributed by atoms with E-state index in [2.05, 4.69) is 5.32 Å². The number of hydrogen-bond acceptors (Lipinski definition) is 3. The number of benzene rings is 2. The first kappa shape index (κ1) is 12.1. The van der Waals surface area contributed by atoms with Gasteiger partial charge in [0, 0.05) is 22.3 Å². The van der Waals surface area contributed by atoms with E-state index in [9.17, 15) is 9.50 Å². The first-order valence-corrected chi connectivity index (χ1v) is 6.18. The minimum absolute atomic E-state index is 0.0894. The summed E-state index contributed by atoms with van der Waals surface area (Å²) in [5, 5.41) is 12.9. The van der Waals surface area contributed by atoms with Crippen molar-refractivity contribution in [3.8, 4) is 11.5 Å². The molecule has 3 nitrogen and oxygen atoms in total. The fourth-order valence-electron chi connectivity index (χ4n) is 2.16. The summed E-state index contributed by atoms with van der Waals surface area (Å²) in [6.45, 7) is 0.424. The van der Waals surface area contributed by atoms with Crippen molar-refractivity contribution in [2.45, 2.75) is 6.04 Å². The van der Waals surface area contributed by atoms with E-state index in [0.29, 0.717) is 23.1 Å². The molecule has 1 aliphatic rings. The van der Waals surface area contributed by atoms with Crippen molar-refractivity contribution in [2.24, 2.45) is 0 Å². The molecule has 1 aliphatic heterocycles. The maximum absolute atomic E-state index is 13.3. The molecule has 0 spiro atoms. The van der Waals surface area contributed by atoms with Crippen LogP contribution in [-0.4, -0.2) is 11.7 Å². The van der Waals surface area contributed by atoms with Crippen LogP contribution in [-0.2, 0) is 0 Å². The smallest absolute Gasteiger partial charge is 0.128 e. The van der Waals surface area contributed by atoms with Crippen LogP contribution in [0.25, 0.3) is 0 Å². The molecule has 0 fully saturated rings. The van der Waals surface area contributed by atoms with Crippen LogP contribution in [0.3, 0.4) is 0 Å². The lowest BCUT2D eigenvalue weighted by Crippen LogP contribution is -2.12. The van der Waals surface area contributed by atoms with Crippen LogP contribution in [0, 0.1) is 5.82 Å². The highest BCUT2D eigenvalue weighted by Gasteiger charge is 2.24. The molecule has 0 bridgehead atoms. The number of anilines is 1. The molecule has 0 saturated carbocycles. The van der Waals surface area contributed by atoms with Crippen LogP contribution in [0.5, 0.6) is 11.5 Å². The van der Waals surface area contributed by atoms with Crippen molar-refractivity contribution in [3.05, 3.63) is 52.8 Å². The lowest BCUT2D eigenvalue weighted by atomic mass is 10.1. The van der Waals surface area contributed by atoms with Gasteiger partial charge in [0.15, 0.2) is 0 Å². The Kier molecular flexibility index (Phi) is 2.95. The van der Waals surface area contributed by atoms with Gasteiger partial charge >= 0.3 is 0 Å².